The Morgan fingerprint density at radius 3 is 2.60 bits per heavy atom. The molecule has 0 saturated heterocycles. The second kappa shape index (κ2) is 5.66. The molecule has 0 aliphatic rings. The van der Waals surface area contributed by atoms with Crippen LogP contribution in [0.4, 0.5) is 8.78 Å². The van der Waals surface area contributed by atoms with Crippen molar-refractivity contribution in [2.45, 2.75) is 32.4 Å². The van der Waals surface area contributed by atoms with Crippen LogP contribution in [0.25, 0.3) is 0 Å². The number of para-hydroxylation sites is 1. The molecule has 0 amide bonds. The second-order valence-corrected chi connectivity index (χ2v) is 3.31. The van der Waals surface area contributed by atoms with E-state index in [1.165, 1.54) is 6.07 Å². The molecule has 2 nitrogen and oxygen atoms in total. The third-order valence-corrected chi connectivity index (χ3v) is 2.13. The lowest BCUT2D eigenvalue weighted by molar-refractivity contribution is -0.0506. The molecular formula is C11H15F2NO. The smallest absolute Gasteiger partial charge is 0.387 e. The number of rotatable bonds is 5. The first kappa shape index (κ1) is 11.9. The molecule has 0 bridgehead atoms. The van der Waals surface area contributed by atoms with Gasteiger partial charge in [-0.15, -0.1) is 0 Å². The molecule has 0 aliphatic heterocycles. The van der Waals surface area contributed by atoms with E-state index in [2.05, 4.69) is 4.74 Å². The lowest BCUT2D eigenvalue weighted by Crippen LogP contribution is -2.13. The minimum atomic E-state index is -2.81. The molecule has 0 radical (unpaired) electrons. The van der Waals surface area contributed by atoms with Crippen molar-refractivity contribution in [1.82, 2.24) is 0 Å². The third-order valence-electron chi connectivity index (χ3n) is 2.13. The van der Waals surface area contributed by atoms with Crippen LogP contribution in [0.5, 0.6) is 5.75 Å². The van der Waals surface area contributed by atoms with Gasteiger partial charge in [-0.1, -0.05) is 31.5 Å². The van der Waals surface area contributed by atoms with Crippen LogP contribution in [0, 0.1) is 0 Å². The second-order valence-electron chi connectivity index (χ2n) is 3.31. The molecule has 0 aliphatic carbocycles. The maximum atomic E-state index is 12.1. The van der Waals surface area contributed by atoms with Crippen LogP contribution >= 0.6 is 0 Å². The summed E-state index contributed by atoms with van der Waals surface area (Å²) in [7, 11) is 0. The highest BCUT2D eigenvalue weighted by Crippen LogP contribution is 2.27. The number of hydrogen-bond donors (Lipinski definition) is 1. The third kappa shape index (κ3) is 3.47. The predicted octanol–water partition coefficient (Wildman–Crippen LogP) is 3.09. The van der Waals surface area contributed by atoms with Crippen LogP contribution in [0.1, 0.15) is 31.4 Å². The Morgan fingerprint density at radius 1 is 1.33 bits per heavy atom. The Hall–Kier alpha value is -1.16. The van der Waals surface area contributed by atoms with Crippen LogP contribution < -0.4 is 10.5 Å². The molecule has 0 saturated carbocycles. The Morgan fingerprint density at radius 2 is 2.00 bits per heavy atom. The van der Waals surface area contributed by atoms with Crippen LogP contribution in [0.3, 0.4) is 0 Å². The van der Waals surface area contributed by atoms with Crippen molar-refractivity contribution in [2.24, 2.45) is 5.73 Å². The van der Waals surface area contributed by atoms with Gasteiger partial charge in [0.25, 0.3) is 0 Å². The SMILES string of the molecule is CCCC(N)c1ccccc1OC(F)F. The van der Waals surface area contributed by atoms with Gasteiger partial charge in [0.2, 0.25) is 0 Å². The summed E-state index contributed by atoms with van der Waals surface area (Å²) in [6.45, 7) is -0.809. The minimum Gasteiger partial charge on any atom is -0.434 e. The fourth-order valence-electron chi connectivity index (χ4n) is 1.46. The average molecular weight is 215 g/mol. The van der Waals surface area contributed by atoms with Crippen molar-refractivity contribution in [1.29, 1.82) is 0 Å². The summed E-state index contributed by atoms with van der Waals surface area (Å²) in [4.78, 5) is 0. The van der Waals surface area contributed by atoms with E-state index in [9.17, 15) is 8.78 Å². The van der Waals surface area contributed by atoms with Gasteiger partial charge in [-0.3, -0.25) is 0 Å². The van der Waals surface area contributed by atoms with Gasteiger partial charge in [0.1, 0.15) is 5.75 Å². The molecule has 1 rings (SSSR count). The summed E-state index contributed by atoms with van der Waals surface area (Å²) in [6, 6.07) is 6.41. The van der Waals surface area contributed by atoms with E-state index in [4.69, 9.17) is 5.73 Å². The summed E-state index contributed by atoms with van der Waals surface area (Å²) >= 11 is 0. The highest BCUT2D eigenvalue weighted by molar-refractivity contribution is 5.35. The molecule has 0 spiro atoms. The predicted molar refractivity (Wildman–Crippen MR) is 54.9 cm³/mol. The van der Waals surface area contributed by atoms with Gasteiger partial charge in [-0.05, 0) is 12.5 Å². The Kier molecular flexibility index (Phi) is 4.49. The van der Waals surface area contributed by atoms with E-state index in [1.54, 1.807) is 18.2 Å². The van der Waals surface area contributed by atoms with E-state index in [0.717, 1.165) is 12.8 Å². The summed E-state index contributed by atoms with van der Waals surface area (Å²) in [5.41, 5.74) is 6.50. The first-order valence-electron chi connectivity index (χ1n) is 4.94. The fraction of sp³-hybridized carbons (Fsp3) is 0.455. The van der Waals surface area contributed by atoms with Crippen LogP contribution in [-0.2, 0) is 0 Å². The van der Waals surface area contributed by atoms with Crippen molar-refractivity contribution >= 4 is 0 Å². The van der Waals surface area contributed by atoms with Crippen molar-refractivity contribution < 1.29 is 13.5 Å². The van der Waals surface area contributed by atoms with Gasteiger partial charge < -0.3 is 10.5 Å². The molecule has 1 aromatic carbocycles. The highest BCUT2D eigenvalue weighted by atomic mass is 19.3. The lowest BCUT2D eigenvalue weighted by atomic mass is 10.0. The van der Waals surface area contributed by atoms with Crippen molar-refractivity contribution in [3.05, 3.63) is 29.8 Å². The Labute approximate surface area is 88.0 Å². The Balaban J connectivity index is 2.85. The van der Waals surface area contributed by atoms with Gasteiger partial charge in [0.15, 0.2) is 0 Å². The van der Waals surface area contributed by atoms with Gasteiger partial charge in [0.05, 0.1) is 0 Å². The first-order chi connectivity index (χ1) is 7.15. The first-order valence-corrected chi connectivity index (χ1v) is 4.94. The Bertz CT molecular complexity index is 304. The standard InChI is InChI=1S/C11H15F2NO/c1-2-5-9(14)8-6-3-4-7-10(8)15-11(12)13/h3-4,6-7,9,11H,2,5,14H2,1H3. The number of alkyl halides is 2. The summed E-state index contributed by atoms with van der Waals surface area (Å²) in [6.07, 6.45) is 1.66. The van der Waals surface area contributed by atoms with E-state index < -0.39 is 6.61 Å². The molecule has 0 heterocycles. The molecule has 15 heavy (non-hydrogen) atoms. The number of benzene rings is 1. The van der Waals surface area contributed by atoms with Crippen LogP contribution in [-0.4, -0.2) is 6.61 Å². The minimum absolute atomic E-state index is 0.174. The van der Waals surface area contributed by atoms with Crippen molar-refractivity contribution in [2.75, 3.05) is 0 Å². The van der Waals surface area contributed by atoms with Gasteiger partial charge in [-0.2, -0.15) is 8.78 Å². The number of halogens is 2. The molecule has 2 N–H and O–H groups in total. The molecule has 4 heteroatoms. The van der Waals surface area contributed by atoms with Crippen molar-refractivity contribution in [3.8, 4) is 5.75 Å². The molecule has 1 unspecified atom stereocenters. The van der Waals surface area contributed by atoms with Crippen molar-refractivity contribution in [3.63, 3.8) is 0 Å². The molecule has 1 atom stereocenters. The zero-order valence-electron chi connectivity index (χ0n) is 8.62. The normalized spacial score (nSPS) is 12.9. The quantitative estimate of drug-likeness (QED) is 0.819. The number of hydrogen-bond acceptors (Lipinski definition) is 2. The summed E-state index contributed by atoms with van der Waals surface area (Å²) in [5, 5.41) is 0. The van der Waals surface area contributed by atoms with Gasteiger partial charge in [0, 0.05) is 11.6 Å². The average Bonchev–Trinajstić information content (AvgIpc) is 2.18. The molecule has 1 aromatic rings. The summed E-state index contributed by atoms with van der Waals surface area (Å²) < 4.78 is 28.6. The van der Waals surface area contributed by atoms with E-state index in [-0.39, 0.29) is 11.8 Å². The number of ether oxygens (including phenoxy) is 1. The van der Waals surface area contributed by atoms with E-state index in [1.807, 2.05) is 6.92 Å². The topological polar surface area (TPSA) is 35.2 Å². The highest BCUT2D eigenvalue weighted by Gasteiger charge is 2.13. The maximum absolute atomic E-state index is 12.1. The summed E-state index contributed by atoms with van der Waals surface area (Å²) in [5.74, 6) is 0.174. The largest absolute Gasteiger partial charge is 0.434 e. The van der Waals surface area contributed by atoms with Gasteiger partial charge in [-0.25, -0.2) is 0 Å². The van der Waals surface area contributed by atoms with Crippen LogP contribution in [0.2, 0.25) is 0 Å². The zero-order valence-corrected chi connectivity index (χ0v) is 8.62. The molecular weight excluding hydrogens is 200 g/mol. The monoisotopic (exact) mass is 215 g/mol. The molecule has 0 fully saturated rings. The zero-order chi connectivity index (χ0) is 11.3. The lowest BCUT2D eigenvalue weighted by Gasteiger charge is -2.15. The van der Waals surface area contributed by atoms with E-state index in [0.29, 0.717) is 5.56 Å². The van der Waals surface area contributed by atoms with Crippen LogP contribution in [0.15, 0.2) is 24.3 Å². The van der Waals surface area contributed by atoms with Gasteiger partial charge >= 0.3 is 6.61 Å². The maximum Gasteiger partial charge on any atom is 0.387 e. The molecule has 0 aromatic heterocycles. The number of nitrogens with two attached hydrogens (primary N) is 1. The fourth-order valence-corrected chi connectivity index (χ4v) is 1.46. The molecule has 84 valence electrons. The van der Waals surface area contributed by atoms with E-state index >= 15 is 0 Å².